The average Bonchev–Trinajstić information content (AvgIpc) is 3.42. The number of benzene rings is 2. The summed E-state index contributed by atoms with van der Waals surface area (Å²) in [4.78, 5) is 25.1. The van der Waals surface area contributed by atoms with Crippen LogP contribution in [0.2, 0.25) is 15.1 Å². The highest BCUT2D eigenvalue weighted by Gasteiger charge is 2.48. The first-order valence-corrected chi connectivity index (χ1v) is 11.7. The average molecular weight is 548 g/mol. The molecule has 1 aliphatic heterocycles. The standard InChI is InChI=1S/C25H17Cl3N2O6/c1-34-25(11-35-12-25)23-21(22(29-36-23)20-16(27)9-14(26)10-17(20)28)24(33)30-8-7-15-13(5-6-19(31)32)3-2-4-18(15)30/h2-10H,11-12H2,1H3,(H,31,32)/b6-5+. The number of carboxylic acid groups (broad SMARTS) is 1. The SMILES string of the molecule is COC1(c2onc(-c3c(Cl)cc(Cl)cc3Cl)c2C(=O)n2ccc3c(/C=C/C(=O)O)cccc32)COC1. The lowest BCUT2D eigenvalue weighted by atomic mass is 9.92. The maximum Gasteiger partial charge on any atom is 0.328 e. The van der Waals surface area contributed by atoms with Crippen LogP contribution in [0, 0.1) is 0 Å². The van der Waals surface area contributed by atoms with E-state index in [1.165, 1.54) is 29.9 Å². The lowest BCUT2D eigenvalue weighted by molar-refractivity contribution is -0.213. The Morgan fingerprint density at radius 1 is 1.17 bits per heavy atom. The first-order valence-electron chi connectivity index (χ1n) is 10.6. The van der Waals surface area contributed by atoms with Gasteiger partial charge in [-0.05, 0) is 35.9 Å². The first-order chi connectivity index (χ1) is 17.3. The number of hydrogen-bond acceptors (Lipinski definition) is 6. The number of carbonyl (C=O) groups is 2. The minimum Gasteiger partial charge on any atom is -0.478 e. The zero-order chi connectivity index (χ0) is 25.6. The van der Waals surface area contributed by atoms with Crippen LogP contribution in [0.1, 0.15) is 21.7 Å². The molecule has 2 aromatic carbocycles. The molecule has 36 heavy (non-hydrogen) atoms. The molecule has 1 saturated heterocycles. The van der Waals surface area contributed by atoms with Crippen molar-refractivity contribution in [2.45, 2.75) is 5.60 Å². The summed E-state index contributed by atoms with van der Waals surface area (Å²) in [6.07, 6.45) is 4.09. The van der Waals surface area contributed by atoms with Gasteiger partial charge in [-0.1, -0.05) is 52.1 Å². The van der Waals surface area contributed by atoms with E-state index < -0.39 is 17.5 Å². The summed E-state index contributed by atoms with van der Waals surface area (Å²) in [5, 5.41) is 14.6. The summed E-state index contributed by atoms with van der Waals surface area (Å²) in [5.41, 5.74) is 0.699. The van der Waals surface area contributed by atoms with Crippen molar-refractivity contribution in [1.29, 1.82) is 0 Å². The van der Waals surface area contributed by atoms with Gasteiger partial charge in [-0.2, -0.15) is 0 Å². The minimum absolute atomic E-state index is 0.107. The van der Waals surface area contributed by atoms with Crippen molar-refractivity contribution in [3.63, 3.8) is 0 Å². The van der Waals surface area contributed by atoms with Crippen molar-refractivity contribution >= 4 is 63.7 Å². The highest BCUT2D eigenvalue weighted by Crippen LogP contribution is 2.44. The van der Waals surface area contributed by atoms with Crippen LogP contribution in [0.4, 0.5) is 0 Å². The van der Waals surface area contributed by atoms with Crippen molar-refractivity contribution < 1.29 is 28.7 Å². The van der Waals surface area contributed by atoms with Crippen LogP contribution < -0.4 is 0 Å². The molecule has 4 aromatic rings. The number of aliphatic carboxylic acids is 1. The number of hydrogen-bond donors (Lipinski definition) is 1. The van der Waals surface area contributed by atoms with E-state index in [0.717, 1.165) is 6.08 Å². The van der Waals surface area contributed by atoms with E-state index in [1.807, 2.05) is 0 Å². The summed E-state index contributed by atoms with van der Waals surface area (Å²) in [7, 11) is 1.49. The van der Waals surface area contributed by atoms with Crippen LogP contribution in [0.15, 0.2) is 53.2 Å². The van der Waals surface area contributed by atoms with Gasteiger partial charge < -0.3 is 19.1 Å². The minimum atomic E-state index is -1.08. The van der Waals surface area contributed by atoms with Gasteiger partial charge in [0.2, 0.25) is 0 Å². The Hall–Kier alpha value is -3.14. The van der Waals surface area contributed by atoms with Gasteiger partial charge in [0.15, 0.2) is 11.4 Å². The number of carbonyl (C=O) groups excluding carboxylic acids is 1. The van der Waals surface area contributed by atoms with Gasteiger partial charge in [0, 0.05) is 35.4 Å². The zero-order valence-electron chi connectivity index (χ0n) is 18.6. The Balaban J connectivity index is 1.72. The second-order valence-corrected chi connectivity index (χ2v) is 9.36. The van der Waals surface area contributed by atoms with Gasteiger partial charge in [0.05, 0.1) is 28.8 Å². The maximum atomic E-state index is 14.1. The van der Waals surface area contributed by atoms with Crippen molar-refractivity contribution in [1.82, 2.24) is 9.72 Å². The summed E-state index contributed by atoms with van der Waals surface area (Å²) in [6.45, 7) is 0.327. The molecule has 8 nitrogen and oxygen atoms in total. The number of fused-ring (bicyclic) bond motifs is 1. The molecule has 0 saturated carbocycles. The molecule has 184 valence electrons. The fraction of sp³-hybridized carbons (Fsp3) is 0.160. The van der Waals surface area contributed by atoms with E-state index in [9.17, 15) is 9.59 Å². The van der Waals surface area contributed by atoms with Crippen molar-refractivity contribution in [3.8, 4) is 11.3 Å². The second kappa shape index (κ2) is 9.38. The normalized spacial score (nSPS) is 14.9. The fourth-order valence-electron chi connectivity index (χ4n) is 4.16. The number of aromatic nitrogens is 2. The third kappa shape index (κ3) is 4.01. The van der Waals surface area contributed by atoms with Gasteiger partial charge in [-0.25, -0.2) is 4.79 Å². The van der Waals surface area contributed by atoms with Crippen LogP contribution in [0.5, 0.6) is 0 Å². The Labute approximate surface area is 219 Å². The molecule has 0 amide bonds. The molecule has 2 aromatic heterocycles. The molecule has 0 spiro atoms. The second-order valence-electron chi connectivity index (χ2n) is 8.11. The molecule has 0 bridgehead atoms. The zero-order valence-corrected chi connectivity index (χ0v) is 20.9. The molecule has 1 N–H and O–H groups in total. The van der Waals surface area contributed by atoms with Gasteiger partial charge in [-0.3, -0.25) is 9.36 Å². The predicted molar refractivity (Wildman–Crippen MR) is 135 cm³/mol. The fourth-order valence-corrected chi connectivity index (χ4v) is 5.16. The Morgan fingerprint density at radius 2 is 1.89 bits per heavy atom. The number of halogens is 3. The molecule has 1 aliphatic rings. The molecule has 5 rings (SSSR count). The number of nitrogens with zero attached hydrogens (tertiary/aromatic N) is 2. The summed E-state index contributed by atoms with van der Waals surface area (Å²) >= 11 is 19.0. The Morgan fingerprint density at radius 3 is 2.50 bits per heavy atom. The lowest BCUT2D eigenvalue weighted by Crippen LogP contribution is -2.49. The van der Waals surface area contributed by atoms with Gasteiger partial charge >= 0.3 is 5.97 Å². The molecule has 11 heteroatoms. The topological polar surface area (TPSA) is 104 Å². The van der Waals surface area contributed by atoms with Gasteiger partial charge in [0.1, 0.15) is 11.3 Å². The molecule has 3 heterocycles. The maximum absolute atomic E-state index is 14.1. The molecule has 0 aliphatic carbocycles. The highest BCUT2D eigenvalue weighted by atomic mass is 35.5. The monoisotopic (exact) mass is 546 g/mol. The number of carboxylic acids is 1. The molecule has 0 atom stereocenters. The summed E-state index contributed by atoms with van der Waals surface area (Å²) in [6, 6.07) is 9.95. The van der Waals surface area contributed by atoms with E-state index >= 15 is 0 Å². The van der Waals surface area contributed by atoms with E-state index in [0.29, 0.717) is 21.5 Å². The quantitative estimate of drug-likeness (QED) is 0.299. The largest absolute Gasteiger partial charge is 0.478 e. The number of methoxy groups -OCH3 is 1. The number of ether oxygens (including phenoxy) is 2. The molecular formula is C25H17Cl3N2O6. The van der Waals surface area contributed by atoms with Gasteiger partial charge in [-0.15, -0.1) is 0 Å². The van der Waals surface area contributed by atoms with E-state index in [2.05, 4.69) is 5.16 Å². The van der Waals surface area contributed by atoms with E-state index in [-0.39, 0.29) is 45.8 Å². The van der Waals surface area contributed by atoms with Crippen molar-refractivity contribution in [2.75, 3.05) is 20.3 Å². The van der Waals surface area contributed by atoms with Crippen LogP contribution >= 0.6 is 34.8 Å². The summed E-state index contributed by atoms with van der Waals surface area (Å²) in [5.74, 6) is -1.37. The first kappa shape index (κ1) is 24.5. The third-order valence-electron chi connectivity index (χ3n) is 6.02. The predicted octanol–water partition coefficient (Wildman–Crippen LogP) is 5.91. The van der Waals surface area contributed by atoms with Crippen molar-refractivity contribution in [2.24, 2.45) is 0 Å². The van der Waals surface area contributed by atoms with Crippen LogP contribution in [0.3, 0.4) is 0 Å². The molecular weight excluding hydrogens is 531 g/mol. The Kier molecular flexibility index (Phi) is 6.40. The molecule has 1 fully saturated rings. The number of rotatable bonds is 6. The van der Waals surface area contributed by atoms with E-state index in [4.69, 9.17) is 53.9 Å². The van der Waals surface area contributed by atoms with Crippen LogP contribution in [-0.2, 0) is 19.9 Å². The highest BCUT2D eigenvalue weighted by molar-refractivity contribution is 6.42. The molecule has 0 radical (unpaired) electrons. The molecule has 0 unspecified atom stereocenters. The smallest absolute Gasteiger partial charge is 0.328 e. The van der Waals surface area contributed by atoms with Crippen LogP contribution in [0.25, 0.3) is 28.2 Å². The Bertz CT molecular complexity index is 1520. The summed E-state index contributed by atoms with van der Waals surface area (Å²) < 4.78 is 18.2. The lowest BCUT2D eigenvalue weighted by Gasteiger charge is -2.38. The van der Waals surface area contributed by atoms with E-state index in [1.54, 1.807) is 30.5 Å². The van der Waals surface area contributed by atoms with Crippen LogP contribution in [-0.4, -0.2) is 47.0 Å². The van der Waals surface area contributed by atoms with Gasteiger partial charge in [0.25, 0.3) is 5.91 Å². The third-order valence-corrected chi connectivity index (χ3v) is 6.83. The van der Waals surface area contributed by atoms with Crippen molar-refractivity contribution in [3.05, 3.63) is 80.6 Å².